The zero-order valence-electron chi connectivity index (χ0n) is 9.07. The molecule has 1 heterocycles. The maximum Gasteiger partial charge on any atom is 0.140 e. The lowest BCUT2D eigenvalue weighted by Gasteiger charge is -2.04. The molecule has 0 saturated carbocycles. The van der Waals surface area contributed by atoms with Crippen molar-refractivity contribution in [1.82, 2.24) is 9.55 Å². The van der Waals surface area contributed by atoms with E-state index in [0.717, 1.165) is 29.3 Å². The van der Waals surface area contributed by atoms with E-state index >= 15 is 0 Å². The molecule has 0 atom stereocenters. The monoisotopic (exact) mass is 201 g/mol. The van der Waals surface area contributed by atoms with E-state index in [1.807, 2.05) is 31.2 Å². The van der Waals surface area contributed by atoms with Gasteiger partial charge in [-0.2, -0.15) is 0 Å². The molecule has 3 nitrogen and oxygen atoms in total. The Morgan fingerprint density at radius 2 is 2.20 bits per heavy atom. The molecule has 0 radical (unpaired) electrons. The van der Waals surface area contributed by atoms with Gasteiger partial charge in [-0.3, -0.25) is 0 Å². The molecule has 0 fully saturated rings. The number of imidazole rings is 1. The van der Waals surface area contributed by atoms with Gasteiger partial charge in [-0.25, -0.2) is 4.98 Å². The molecule has 0 aliphatic rings. The first kappa shape index (κ1) is 9.77. The topological polar surface area (TPSA) is 43.8 Å². The zero-order chi connectivity index (χ0) is 10.8. The molecule has 0 amide bonds. The van der Waals surface area contributed by atoms with Crippen molar-refractivity contribution < 1.29 is 0 Å². The average Bonchev–Trinajstić information content (AvgIpc) is 2.59. The third-order valence-corrected chi connectivity index (χ3v) is 2.38. The fraction of sp³-hybridized carbons (Fsp3) is 0.250. The second kappa shape index (κ2) is 3.77. The summed E-state index contributed by atoms with van der Waals surface area (Å²) in [6, 6.07) is 7.82. The minimum atomic E-state index is 0.774. The third-order valence-electron chi connectivity index (χ3n) is 2.38. The van der Waals surface area contributed by atoms with E-state index in [4.69, 9.17) is 5.73 Å². The van der Waals surface area contributed by atoms with E-state index < -0.39 is 0 Å². The summed E-state index contributed by atoms with van der Waals surface area (Å²) >= 11 is 0. The number of benzene rings is 1. The molecule has 0 aliphatic carbocycles. The van der Waals surface area contributed by atoms with Crippen molar-refractivity contribution in [1.29, 1.82) is 0 Å². The molecule has 0 bridgehead atoms. The molecule has 2 rings (SSSR count). The number of nitrogen functional groups attached to an aromatic ring is 1. The summed E-state index contributed by atoms with van der Waals surface area (Å²) in [5.41, 5.74) is 8.64. The van der Waals surface area contributed by atoms with Crippen molar-refractivity contribution in [2.45, 2.75) is 20.4 Å². The summed E-state index contributed by atoms with van der Waals surface area (Å²) in [5.74, 6) is 0.988. The fourth-order valence-electron chi connectivity index (χ4n) is 1.70. The van der Waals surface area contributed by atoms with Crippen molar-refractivity contribution in [3.63, 3.8) is 0 Å². The van der Waals surface area contributed by atoms with Gasteiger partial charge in [0.2, 0.25) is 0 Å². The lowest BCUT2D eigenvalue weighted by atomic mass is 10.2. The van der Waals surface area contributed by atoms with Crippen LogP contribution in [-0.2, 0) is 6.54 Å². The van der Waals surface area contributed by atoms with Crippen LogP contribution in [0.1, 0.15) is 12.6 Å². The number of rotatable bonds is 2. The summed E-state index contributed by atoms with van der Waals surface area (Å²) in [5, 5.41) is 0. The Hall–Kier alpha value is -1.77. The van der Waals surface area contributed by atoms with Gasteiger partial charge in [-0.15, -0.1) is 0 Å². The van der Waals surface area contributed by atoms with Gasteiger partial charge in [-0.05, 0) is 26.0 Å². The van der Waals surface area contributed by atoms with Crippen LogP contribution in [0.2, 0.25) is 0 Å². The molecule has 78 valence electrons. The van der Waals surface area contributed by atoms with Gasteiger partial charge in [-0.1, -0.05) is 12.1 Å². The van der Waals surface area contributed by atoms with Crippen LogP contribution in [0.3, 0.4) is 0 Å². The lowest BCUT2D eigenvalue weighted by molar-refractivity contribution is 0.770. The highest BCUT2D eigenvalue weighted by molar-refractivity contribution is 5.61. The van der Waals surface area contributed by atoms with Gasteiger partial charge >= 0.3 is 0 Å². The predicted molar refractivity (Wildman–Crippen MR) is 62.5 cm³/mol. The summed E-state index contributed by atoms with van der Waals surface area (Å²) in [4.78, 5) is 4.50. The number of aryl methyl sites for hydroxylation is 2. The van der Waals surface area contributed by atoms with Crippen LogP contribution < -0.4 is 5.73 Å². The zero-order valence-corrected chi connectivity index (χ0v) is 9.07. The normalized spacial score (nSPS) is 10.5. The Balaban J connectivity index is 2.53. The quantitative estimate of drug-likeness (QED) is 0.758. The van der Waals surface area contributed by atoms with Crippen molar-refractivity contribution in [3.8, 4) is 11.4 Å². The van der Waals surface area contributed by atoms with Crippen molar-refractivity contribution >= 4 is 5.69 Å². The molecule has 1 aromatic carbocycles. The first-order valence-electron chi connectivity index (χ1n) is 5.10. The van der Waals surface area contributed by atoms with Gasteiger partial charge in [0.05, 0.1) is 5.69 Å². The summed E-state index contributed by atoms with van der Waals surface area (Å²) in [6.45, 7) is 5.03. The lowest BCUT2D eigenvalue weighted by Crippen LogP contribution is -1.96. The molecule has 0 saturated heterocycles. The van der Waals surface area contributed by atoms with Crippen molar-refractivity contribution in [2.75, 3.05) is 5.73 Å². The van der Waals surface area contributed by atoms with E-state index in [1.54, 1.807) is 0 Å². The van der Waals surface area contributed by atoms with E-state index in [9.17, 15) is 0 Å². The van der Waals surface area contributed by atoms with Crippen LogP contribution in [0.5, 0.6) is 0 Å². The van der Waals surface area contributed by atoms with Crippen LogP contribution in [0.25, 0.3) is 11.4 Å². The van der Waals surface area contributed by atoms with Gasteiger partial charge in [0, 0.05) is 24.0 Å². The number of anilines is 1. The van der Waals surface area contributed by atoms with E-state index in [0.29, 0.717) is 0 Å². The first-order chi connectivity index (χ1) is 7.20. The predicted octanol–water partition coefficient (Wildman–Crippen LogP) is 2.46. The standard InChI is InChI=1S/C12H15N3/c1-3-15-8-9(2)14-12(15)10-5-4-6-11(13)7-10/h4-8H,3,13H2,1-2H3. The van der Waals surface area contributed by atoms with Crippen molar-refractivity contribution in [3.05, 3.63) is 36.2 Å². The van der Waals surface area contributed by atoms with E-state index in [2.05, 4.69) is 22.7 Å². The molecule has 0 spiro atoms. The van der Waals surface area contributed by atoms with Gasteiger partial charge in [0.25, 0.3) is 0 Å². The van der Waals surface area contributed by atoms with E-state index in [1.165, 1.54) is 0 Å². The Labute approximate surface area is 89.6 Å². The smallest absolute Gasteiger partial charge is 0.140 e. The molecule has 3 heteroatoms. The highest BCUT2D eigenvalue weighted by atomic mass is 15.1. The minimum absolute atomic E-state index is 0.774. The number of nitrogens with zero attached hydrogens (tertiary/aromatic N) is 2. The molecule has 2 aromatic rings. The highest BCUT2D eigenvalue weighted by Gasteiger charge is 2.06. The maximum atomic E-state index is 5.76. The Morgan fingerprint density at radius 1 is 1.40 bits per heavy atom. The second-order valence-corrected chi connectivity index (χ2v) is 3.62. The Kier molecular flexibility index (Phi) is 2.46. The maximum absolute atomic E-state index is 5.76. The van der Waals surface area contributed by atoms with Gasteiger partial charge < -0.3 is 10.3 Å². The molecular formula is C12H15N3. The largest absolute Gasteiger partial charge is 0.399 e. The molecule has 15 heavy (non-hydrogen) atoms. The van der Waals surface area contributed by atoms with Crippen LogP contribution in [0.4, 0.5) is 5.69 Å². The SMILES string of the molecule is CCn1cc(C)nc1-c1cccc(N)c1. The Bertz CT molecular complexity index is 471. The summed E-state index contributed by atoms with van der Waals surface area (Å²) < 4.78 is 2.13. The highest BCUT2D eigenvalue weighted by Crippen LogP contribution is 2.20. The second-order valence-electron chi connectivity index (χ2n) is 3.62. The average molecular weight is 201 g/mol. The van der Waals surface area contributed by atoms with Crippen LogP contribution in [0, 0.1) is 6.92 Å². The van der Waals surface area contributed by atoms with Gasteiger partial charge in [0.1, 0.15) is 5.82 Å². The molecule has 1 aromatic heterocycles. The number of hydrogen-bond acceptors (Lipinski definition) is 2. The van der Waals surface area contributed by atoms with Crippen LogP contribution in [0.15, 0.2) is 30.5 Å². The summed E-state index contributed by atoms with van der Waals surface area (Å²) in [7, 11) is 0. The number of hydrogen-bond donors (Lipinski definition) is 1. The molecule has 0 unspecified atom stereocenters. The van der Waals surface area contributed by atoms with E-state index in [-0.39, 0.29) is 0 Å². The van der Waals surface area contributed by atoms with Crippen LogP contribution >= 0.6 is 0 Å². The Morgan fingerprint density at radius 3 is 2.87 bits per heavy atom. The molecule has 0 aliphatic heterocycles. The first-order valence-corrected chi connectivity index (χ1v) is 5.10. The van der Waals surface area contributed by atoms with Crippen molar-refractivity contribution in [2.24, 2.45) is 0 Å². The fourth-order valence-corrected chi connectivity index (χ4v) is 1.70. The number of aromatic nitrogens is 2. The van der Waals surface area contributed by atoms with Crippen LogP contribution in [-0.4, -0.2) is 9.55 Å². The molecular weight excluding hydrogens is 186 g/mol. The summed E-state index contributed by atoms with van der Waals surface area (Å²) in [6.07, 6.45) is 2.05. The van der Waals surface area contributed by atoms with Gasteiger partial charge in [0.15, 0.2) is 0 Å². The number of nitrogens with two attached hydrogens (primary N) is 1. The third kappa shape index (κ3) is 1.86. The minimum Gasteiger partial charge on any atom is -0.399 e. The molecule has 2 N–H and O–H groups in total.